The predicted molar refractivity (Wildman–Crippen MR) is 72.7 cm³/mol. The van der Waals surface area contributed by atoms with Gasteiger partial charge in [-0.2, -0.15) is 10.2 Å². The number of hydrogen-bond acceptors (Lipinski definition) is 5. The Morgan fingerprint density at radius 1 is 1.37 bits per heavy atom. The number of aromatic nitrogens is 4. The van der Waals surface area contributed by atoms with E-state index in [1.807, 2.05) is 18.2 Å². The normalized spacial score (nSPS) is 18.9. The molecule has 1 aliphatic rings. The first kappa shape index (κ1) is 12.1. The Bertz CT molecular complexity index is 483. The molecule has 6 nitrogen and oxygen atoms in total. The monoisotopic (exact) mass is 258 g/mol. The van der Waals surface area contributed by atoms with Crippen molar-refractivity contribution in [1.82, 2.24) is 25.7 Å². The summed E-state index contributed by atoms with van der Waals surface area (Å²) in [4.78, 5) is 2.34. The number of nitrogens with zero attached hydrogens (tertiary/aromatic N) is 4. The van der Waals surface area contributed by atoms with E-state index in [1.165, 1.54) is 12.8 Å². The van der Waals surface area contributed by atoms with Crippen molar-refractivity contribution in [2.24, 2.45) is 0 Å². The molecule has 2 N–H and O–H groups in total. The zero-order valence-electron chi connectivity index (χ0n) is 10.8. The minimum absolute atomic E-state index is 0.500. The molecule has 2 aromatic heterocycles. The van der Waals surface area contributed by atoms with E-state index >= 15 is 0 Å². The summed E-state index contributed by atoms with van der Waals surface area (Å²) < 4.78 is 0. The number of anilines is 1. The zero-order valence-corrected chi connectivity index (χ0v) is 10.8. The highest BCUT2D eigenvalue weighted by atomic mass is 15.3. The molecule has 3 heterocycles. The minimum atomic E-state index is 0.500. The van der Waals surface area contributed by atoms with Gasteiger partial charge in [0.15, 0.2) is 5.82 Å². The van der Waals surface area contributed by atoms with Gasteiger partial charge < -0.3 is 10.2 Å². The van der Waals surface area contributed by atoms with E-state index in [0.717, 1.165) is 31.1 Å². The van der Waals surface area contributed by atoms with Crippen molar-refractivity contribution in [2.45, 2.75) is 25.4 Å². The van der Waals surface area contributed by atoms with Crippen molar-refractivity contribution in [3.63, 3.8) is 0 Å². The van der Waals surface area contributed by atoms with Crippen LogP contribution >= 0.6 is 0 Å². The van der Waals surface area contributed by atoms with Gasteiger partial charge in [0.05, 0.1) is 0 Å². The van der Waals surface area contributed by atoms with Gasteiger partial charge in [0.1, 0.15) is 0 Å². The molecule has 0 bridgehead atoms. The molecule has 0 aliphatic carbocycles. The molecule has 100 valence electrons. The third-order valence-corrected chi connectivity index (χ3v) is 3.48. The summed E-state index contributed by atoms with van der Waals surface area (Å²) in [6, 6.07) is 6.46. The maximum Gasteiger partial charge on any atom is 0.151 e. The molecule has 1 saturated heterocycles. The average molecular weight is 258 g/mol. The third-order valence-electron chi connectivity index (χ3n) is 3.48. The summed E-state index contributed by atoms with van der Waals surface area (Å²) in [6.07, 6.45) is 5.91. The van der Waals surface area contributed by atoms with E-state index in [-0.39, 0.29) is 0 Å². The van der Waals surface area contributed by atoms with Crippen molar-refractivity contribution in [3.05, 3.63) is 36.3 Å². The summed E-state index contributed by atoms with van der Waals surface area (Å²) in [5.41, 5.74) is 1.11. The zero-order chi connectivity index (χ0) is 12.9. The predicted octanol–water partition coefficient (Wildman–Crippen LogP) is 0.958. The van der Waals surface area contributed by atoms with E-state index in [0.29, 0.717) is 6.04 Å². The van der Waals surface area contributed by atoms with E-state index < -0.39 is 0 Å². The Morgan fingerprint density at radius 3 is 3.16 bits per heavy atom. The van der Waals surface area contributed by atoms with Crippen LogP contribution in [0.3, 0.4) is 0 Å². The summed E-state index contributed by atoms with van der Waals surface area (Å²) in [5.74, 6) is 0.980. The lowest BCUT2D eigenvalue weighted by Gasteiger charge is -2.25. The lowest BCUT2D eigenvalue weighted by atomic mass is 10.2. The number of rotatable bonds is 5. The van der Waals surface area contributed by atoms with Crippen molar-refractivity contribution < 1.29 is 0 Å². The molecule has 3 rings (SSSR count). The maximum atomic E-state index is 4.20. The van der Waals surface area contributed by atoms with Crippen molar-refractivity contribution in [2.75, 3.05) is 18.0 Å². The van der Waals surface area contributed by atoms with E-state index in [1.54, 1.807) is 12.4 Å². The first-order valence-electron chi connectivity index (χ1n) is 6.67. The van der Waals surface area contributed by atoms with Crippen LogP contribution in [-0.2, 0) is 6.54 Å². The van der Waals surface area contributed by atoms with Crippen LogP contribution in [0.4, 0.5) is 5.82 Å². The van der Waals surface area contributed by atoms with Crippen LogP contribution in [0.25, 0.3) is 0 Å². The van der Waals surface area contributed by atoms with Crippen LogP contribution in [0.5, 0.6) is 0 Å². The summed E-state index contributed by atoms with van der Waals surface area (Å²) in [7, 11) is 0. The summed E-state index contributed by atoms with van der Waals surface area (Å²) >= 11 is 0. The number of hydrogen-bond donors (Lipinski definition) is 2. The smallest absolute Gasteiger partial charge is 0.151 e. The molecule has 0 saturated carbocycles. The van der Waals surface area contributed by atoms with Gasteiger partial charge in [0.2, 0.25) is 0 Å². The SMILES string of the molecule is c1cnnc(N2CCCC2CNCc2ccn[nH]2)c1. The highest BCUT2D eigenvalue weighted by Gasteiger charge is 2.25. The second-order valence-electron chi connectivity index (χ2n) is 4.78. The van der Waals surface area contributed by atoms with E-state index in [9.17, 15) is 0 Å². The summed E-state index contributed by atoms with van der Waals surface area (Å²) in [5, 5.41) is 18.5. The maximum absolute atomic E-state index is 4.20. The Balaban J connectivity index is 1.55. The van der Waals surface area contributed by atoms with Gasteiger partial charge in [-0.25, -0.2) is 0 Å². The minimum Gasteiger partial charge on any atom is -0.351 e. The van der Waals surface area contributed by atoms with Gasteiger partial charge in [-0.3, -0.25) is 5.10 Å². The van der Waals surface area contributed by atoms with Crippen LogP contribution in [0.1, 0.15) is 18.5 Å². The van der Waals surface area contributed by atoms with Crippen LogP contribution in [0, 0.1) is 0 Å². The number of aromatic amines is 1. The molecular weight excluding hydrogens is 240 g/mol. The van der Waals surface area contributed by atoms with Crippen LogP contribution in [-0.4, -0.2) is 39.5 Å². The molecule has 1 unspecified atom stereocenters. The molecule has 6 heteroatoms. The van der Waals surface area contributed by atoms with Crippen LogP contribution < -0.4 is 10.2 Å². The molecule has 1 fully saturated rings. The first-order chi connectivity index (χ1) is 9.43. The standard InChI is InChI=1S/C13H18N6/c1-4-13(18-15-6-1)19-8-2-3-12(19)10-14-9-11-5-7-16-17-11/h1,4-7,12,14H,2-3,8-10H2,(H,16,17). The Kier molecular flexibility index (Phi) is 3.69. The van der Waals surface area contributed by atoms with Crippen molar-refractivity contribution in [1.29, 1.82) is 0 Å². The van der Waals surface area contributed by atoms with Gasteiger partial charge in [0.25, 0.3) is 0 Å². The molecular formula is C13H18N6. The van der Waals surface area contributed by atoms with Gasteiger partial charge in [-0.15, -0.1) is 5.10 Å². The molecule has 0 amide bonds. The van der Waals surface area contributed by atoms with Gasteiger partial charge in [-0.05, 0) is 31.0 Å². The van der Waals surface area contributed by atoms with Crippen molar-refractivity contribution in [3.8, 4) is 0 Å². The highest BCUT2D eigenvalue weighted by Crippen LogP contribution is 2.22. The van der Waals surface area contributed by atoms with E-state index in [4.69, 9.17) is 0 Å². The Morgan fingerprint density at radius 2 is 2.37 bits per heavy atom. The molecule has 19 heavy (non-hydrogen) atoms. The Labute approximate surface area is 112 Å². The highest BCUT2D eigenvalue weighted by molar-refractivity contribution is 5.39. The molecule has 0 aromatic carbocycles. The lowest BCUT2D eigenvalue weighted by molar-refractivity contribution is 0.565. The van der Waals surface area contributed by atoms with Crippen LogP contribution in [0.15, 0.2) is 30.6 Å². The van der Waals surface area contributed by atoms with Gasteiger partial charge in [0, 0.05) is 43.8 Å². The van der Waals surface area contributed by atoms with Crippen molar-refractivity contribution >= 4 is 5.82 Å². The Hall–Kier alpha value is -1.95. The summed E-state index contributed by atoms with van der Waals surface area (Å²) in [6.45, 7) is 2.84. The fraction of sp³-hybridized carbons (Fsp3) is 0.462. The largest absolute Gasteiger partial charge is 0.351 e. The van der Waals surface area contributed by atoms with E-state index in [2.05, 4.69) is 30.6 Å². The van der Waals surface area contributed by atoms with Gasteiger partial charge >= 0.3 is 0 Å². The fourth-order valence-corrected chi connectivity index (χ4v) is 2.55. The molecule has 0 spiro atoms. The second kappa shape index (κ2) is 5.79. The fourth-order valence-electron chi connectivity index (χ4n) is 2.55. The third kappa shape index (κ3) is 2.90. The lowest BCUT2D eigenvalue weighted by Crippen LogP contribution is -2.38. The second-order valence-corrected chi connectivity index (χ2v) is 4.78. The first-order valence-corrected chi connectivity index (χ1v) is 6.67. The average Bonchev–Trinajstić information content (AvgIpc) is 3.11. The number of nitrogens with one attached hydrogen (secondary N) is 2. The molecule has 0 radical (unpaired) electrons. The molecule has 1 aliphatic heterocycles. The van der Waals surface area contributed by atoms with Crippen LogP contribution in [0.2, 0.25) is 0 Å². The van der Waals surface area contributed by atoms with Gasteiger partial charge in [-0.1, -0.05) is 0 Å². The quantitative estimate of drug-likeness (QED) is 0.836. The molecule has 1 atom stereocenters. The number of H-pyrrole nitrogens is 1. The topological polar surface area (TPSA) is 69.7 Å². The molecule has 2 aromatic rings.